The van der Waals surface area contributed by atoms with Crippen LogP contribution in [0, 0.1) is 5.92 Å². The molecular weight excluding hydrogens is 348 g/mol. The van der Waals surface area contributed by atoms with Crippen LogP contribution >= 0.6 is 15.9 Å². The zero-order valence-electron chi connectivity index (χ0n) is 10.6. The Morgan fingerprint density at radius 2 is 2.15 bits per heavy atom. The number of nitrogens with one attached hydrogen (secondary N) is 1. The lowest BCUT2D eigenvalue weighted by Crippen LogP contribution is -2.32. The average Bonchev–Trinajstić information content (AvgIpc) is 2.86. The molecule has 1 aliphatic heterocycles. The highest BCUT2D eigenvalue weighted by atomic mass is 79.9. The number of nitrogens with zero attached hydrogens (tertiary/aromatic N) is 1. The third kappa shape index (κ3) is 3.31. The summed E-state index contributed by atoms with van der Waals surface area (Å²) >= 11 is 3.25. The van der Waals surface area contributed by atoms with Crippen LogP contribution in [0.25, 0.3) is 0 Å². The van der Waals surface area contributed by atoms with Gasteiger partial charge in [0.25, 0.3) is 0 Å². The molecule has 1 heterocycles. The highest BCUT2D eigenvalue weighted by molar-refractivity contribution is 9.10. The molecule has 1 aromatic carbocycles. The monoisotopic (exact) mass is 362 g/mol. The number of hydrogen-bond acceptors (Lipinski definition) is 3. The average molecular weight is 363 g/mol. The van der Waals surface area contributed by atoms with Crippen molar-refractivity contribution >= 4 is 32.0 Å². The number of rotatable bonds is 4. The van der Waals surface area contributed by atoms with Gasteiger partial charge in [-0.2, -0.15) is 4.31 Å². The molecule has 1 aromatic rings. The van der Waals surface area contributed by atoms with Crippen LogP contribution in [0.15, 0.2) is 33.6 Å². The van der Waals surface area contributed by atoms with E-state index in [0.29, 0.717) is 24.0 Å². The Kier molecular flexibility index (Phi) is 4.66. The lowest BCUT2D eigenvalue weighted by molar-refractivity contribution is 0.192. The topological polar surface area (TPSA) is 86.7 Å². The first-order valence-corrected chi connectivity index (χ1v) is 8.36. The van der Waals surface area contributed by atoms with Gasteiger partial charge in [0, 0.05) is 24.1 Å². The molecule has 1 aliphatic rings. The molecule has 0 unspecified atom stereocenters. The number of hydrogen-bond donors (Lipinski definition) is 2. The van der Waals surface area contributed by atoms with Gasteiger partial charge in [-0.1, -0.05) is 12.1 Å². The van der Waals surface area contributed by atoms with E-state index in [2.05, 4.69) is 21.2 Å². The first-order chi connectivity index (χ1) is 9.41. The fourth-order valence-electron chi connectivity index (χ4n) is 2.21. The van der Waals surface area contributed by atoms with Crippen molar-refractivity contribution in [3.63, 3.8) is 0 Å². The normalized spacial score (nSPS) is 19.9. The highest BCUT2D eigenvalue weighted by Gasteiger charge is 2.33. The number of amides is 1. The predicted molar refractivity (Wildman–Crippen MR) is 77.0 cm³/mol. The predicted octanol–water partition coefficient (Wildman–Crippen LogP) is 1.73. The van der Waals surface area contributed by atoms with Gasteiger partial charge in [-0.05, 0) is 40.4 Å². The van der Waals surface area contributed by atoms with Crippen LogP contribution in [0.2, 0.25) is 0 Å². The van der Waals surface area contributed by atoms with E-state index in [-0.39, 0.29) is 17.4 Å². The molecule has 20 heavy (non-hydrogen) atoms. The molecule has 2 N–H and O–H groups in total. The Morgan fingerprint density at radius 3 is 2.80 bits per heavy atom. The van der Waals surface area contributed by atoms with Gasteiger partial charge in [-0.25, -0.2) is 13.2 Å². The summed E-state index contributed by atoms with van der Waals surface area (Å²) < 4.78 is 26.9. The molecule has 0 spiro atoms. The third-order valence-corrected chi connectivity index (χ3v) is 6.12. The second-order valence-electron chi connectivity index (χ2n) is 4.63. The molecule has 0 saturated carbocycles. The zero-order chi connectivity index (χ0) is 14.8. The van der Waals surface area contributed by atoms with Crippen molar-refractivity contribution in [3.8, 4) is 0 Å². The fourth-order valence-corrected chi connectivity index (χ4v) is 4.70. The van der Waals surface area contributed by atoms with Gasteiger partial charge < -0.3 is 10.4 Å². The number of halogens is 1. The van der Waals surface area contributed by atoms with Crippen molar-refractivity contribution < 1.29 is 18.3 Å². The molecule has 8 heteroatoms. The van der Waals surface area contributed by atoms with Crippen LogP contribution in [0.4, 0.5) is 4.79 Å². The standard InChI is InChI=1S/C12H15BrN2O4S/c13-10-3-1-2-4-11(10)20(18,19)15-6-5-9(8-15)7-14-12(16)17/h1-4,9,14H,5-8H2,(H,16,17)/t9-/m1/s1. The van der Waals surface area contributed by atoms with Crippen LogP contribution in [-0.2, 0) is 10.0 Å². The van der Waals surface area contributed by atoms with E-state index in [1.54, 1.807) is 24.3 Å². The zero-order valence-corrected chi connectivity index (χ0v) is 13.0. The van der Waals surface area contributed by atoms with E-state index in [4.69, 9.17) is 5.11 Å². The Labute approximate surface area is 126 Å². The quantitative estimate of drug-likeness (QED) is 0.853. The molecule has 0 bridgehead atoms. The van der Waals surface area contributed by atoms with Crippen LogP contribution in [0.1, 0.15) is 6.42 Å². The van der Waals surface area contributed by atoms with Crippen LogP contribution in [0.5, 0.6) is 0 Å². The van der Waals surface area contributed by atoms with Gasteiger partial charge in [-0.15, -0.1) is 0 Å². The smallest absolute Gasteiger partial charge is 0.404 e. The molecule has 0 radical (unpaired) electrons. The van der Waals surface area contributed by atoms with Gasteiger partial charge >= 0.3 is 6.09 Å². The minimum Gasteiger partial charge on any atom is -0.465 e. The van der Waals surface area contributed by atoms with E-state index >= 15 is 0 Å². The van der Waals surface area contributed by atoms with Crippen LogP contribution in [0.3, 0.4) is 0 Å². The van der Waals surface area contributed by atoms with Crippen molar-refractivity contribution in [2.45, 2.75) is 11.3 Å². The molecule has 2 rings (SSSR count). The van der Waals surface area contributed by atoms with Gasteiger partial charge in [-0.3, -0.25) is 0 Å². The molecule has 1 saturated heterocycles. The molecular formula is C12H15BrN2O4S. The minimum absolute atomic E-state index is 0.0170. The maximum absolute atomic E-state index is 12.5. The summed E-state index contributed by atoms with van der Waals surface area (Å²) in [5, 5.41) is 10.9. The Hall–Kier alpha value is -1.12. The third-order valence-electron chi connectivity index (χ3n) is 3.25. The van der Waals surface area contributed by atoms with Crippen molar-refractivity contribution in [1.82, 2.24) is 9.62 Å². The second kappa shape index (κ2) is 6.11. The summed E-state index contributed by atoms with van der Waals surface area (Å²) in [6, 6.07) is 6.68. The number of carboxylic acid groups (broad SMARTS) is 1. The highest BCUT2D eigenvalue weighted by Crippen LogP contribution is 2.28. The SMILES string of the molecule is O=C(O)NC[C@H]1CCN(S(=O)(=O)c2ccccc2Br)C1. The van der Waals surface area contributed by atoms with E-state index in [9.17, 15) is 13.2 Å². The molecule has 1 atom stereocenters. The lowest BCUT2D eigenvalue weighted by atomic mass is 10.1. The number of benzene rings is 1. The van der Waals surface area contributed by atoms with Gasteiger partial charge in [0.2, 0.25) is 10.0 Å². The van der Waals surface area contributed by atoms with Gasteiger partial charge in [0.1, 0.15) is 0 Å². The number of carbonyl (C=O) groups is 1. The maximum Gasteiger partial charge on any atom is 0.404 e. The molecule has 1 amide bonds. The first-order valence-electron chi connectivity index (χ1n) is 6.12. The maximum atomic E-state index is 12.5. The van der Waals surface area contributed by atoms with E-state index in [0.717, 1.165) is 0 Å². The summed E-state index contributed by atoms with van der Waals surface area (Å²) in [4.78, 5) is 10.7. The van der Waals surface area contributed by atoms with Gasteiger partial charge in [0.15, 0.2) is 0 Å². The Bertz CT molecular complexity index is 605. The summed E-state index contributed by atoms with van der Waals surface area (Å²) in [7, 11) is -3.53. The van der Waals surface area contributed by atoms with Crippen molar-refractivity contribution in [2.75, 3.05) is 19.6 Å². The van der Waals surface area contributed by atoms with E-state index in [1.165, 1.54) is 4.31 Å². The summed E-state index contributed by atoms with van der Waals surface area (Å²) in [6.07, 6.45) is -0.429. The van der Waals surface area contributed by atoms with Crippen molar-refractivity contribution in [2.24, 2.45) is 5.92 Å². The Balaban J connectivity index is 2.09. The van der Waals surface area contributed by atoms with Crippen LogP contribution in [-0.4, -0.2) is 43.6 Å². The summed E-state index contributed by atoms with van der Waals surface area (Å²) in [6.45, 7) is 1.02. The van der Waals surface area contributed by atoms with Crippen molar-refractivity contribution in [1.29, 1.82) is 0 Å². The van der Waals surface area contributed by atoms with Gasteiger partial charge in [0.05, 0.1) is 4.90 Å². The first kappa shape index (κ1) is 15.3. The molecule has 6 nitrogen and oxygen atoms in total. The minimum atomic E-state index is -3.53. The summed E-state index contributed by atoms with van der Waals surface area (Å²) in [5.74, 6) is 0.0170. The van der Waals surface area contributed by atoms with Crippen LogP contribution < -0.4 is 5.32 Å². The molecule has 0 aromatic heterocycles. The fraction of sp³-hybridized carbons (Fsp3) is 0.417. The molecule has 1 fully saturated rings. The summed E-state index contributed by atoms with van der Waals surface area (Å²) in [5.41, 5.74) is 0. The van der Waals surface area contributed by atoms with E-state index in [1.807, 2.05) is 0 Å². The Morgan fingerprint density at radius 1 is 1.45 bits per heavy atom. The molecule has 0 aliphatic carbocycles. The second-order valence-corrected chi connectivity index (χ2v) is 7.39. The van der Waals surface area contributed by atoms with E-state index < -0.39 is 16.1 Å². The molecule has 110 valence electrons. The largest absolute Gasteiger partial charge is 0.465 e. The van der Waals surface area contributed by atoms with Crippen molar-refractivity contribution in [3.05, 3.63) is 28.7 Å². The lowest BCUT2D eigenvalue weighted by Gasteiger charge is -2.17. The number of sulfonamides is 1.